The molecule has 1 N–H and O–H groups in total. The normalized spacial score (nSPS) is 17.5. The first-order valence-electron chi connectivity index (χ1n) is 6.77. The number of sulfonamides is 1. The summed E-state index contributed by atoms with van der Waals surface area (Å²) in [7, 11) is -3.45. The van der Waals surface area contributed by atoms with Crippen molar-refractivity contribution in [3.63, 3.8) is 0 Å². The van der Waals surface area contributed by atoms with E-state index >= 15 is 0 Å². The van der Waals surface area contributed by atoms with Crippen LogP contribution in [-0.4, -0.2) is 15.0 Å². The Kier molecular flexibility index (Phi) is 4.93. The fourth-order valence-corrected chi connectivity index (χ4v) is 3.74. The lowest BCUT2D eigenvalue weighted by atomic mass is 9.90. The Morgan fingerprint density at radius 3 is 2.53 bits per heavy atom. The van der Waals surface area contributed by atoms with E-state index in [0.29, 0.717) is 12.5 Å². The molecule has 0 aliphatic heterocycles. The van der Waals surface area contributed by atoms with Gasteiger partial charge in [0.25, 0.3) is 0 Å². The molecule has 2 rings (SSSR count). The maximum absolute atomic E-state index is 13.4. The molecule has 106 valence electrons. The van der Waals surface area contributed by atoms with E-state index in [1.54, 1.807) is 12.1 Å². The number of benzene rings is 1. The van der Waals surface area contributed by atoms with Crippen LogP contribution in [0.2, 0.25) is 0 Å². The van der Waals surface area contributed by atoms with Crippen LogP contribution >= 0.6 is 0 Å². The van der Waals surface area contributed by atoms with E-state index < -0.39 is 15.8 Å². The minimum atomic E-state index is -3.45. The molecule has 19 heavy (non-hydrogen) atoms. The summed E-state index contributed by atoms with van der Waals surface area (Å²) in [5.41, 5.74) is 0.221. The second kappa shape index (κ2) is 6.48. The molecule has 1 aliphatic rings. The van der Waals surface area contributed by atoms with Gasteiger partial charge in [-0.3, -0.25) is 0 Å². The van der Waals surface area contributed by atoms with Crippen molar-refractivity contribution in [1.82, 2.24) is 4.72 Å². The maximum atomic E-state index is 13.4. The van der Waals surface area contributed by atoms with Gasteiger partial charge >= 0.3 is 0 Å². The number of nitrogens with one attached hydrogen (secondary N) is 1. The van der Waals surface area contributed by atoms with Crippen LogP contribution in [0.5, 0.6) is 0 Å². The van der Waals surface area contributed by atoms with Crippen LogP contribution < -0.4 is 4.72 Å². The zero-order valence-electron chi connectivity index (χ0n) is 10.9. The molecule has 3 nitrogen and oxygen atoms in total. The summed E-state index contributed by atoms with van der Waals surface area (Å²) in [6.07, 6.45) is 5.78. The predicted octanol–water partition coefficient (Wildman–Crippen LogP) is 2.83. The summed E-state index contributed by atoms with van der Waals surface area (Å²) in [5, 5.41) is 0. The molecule has 1 aromatic rings. The summed E-state index contributed by atoms with van der Waals surface area (Å²) < 4.78 is 39.9. The lowest BCUT2D eigenvalue weighted by Gasteiger charge is -2.21. The van der Waals surface area contributed by atoms with Gasteiger partial charge in [-0.25, -0.2) is 17.5 Å². The molecule has 0 aromatic heterocycles. The Hall–Kier alpha value is -0.940. The molecule has 5 heteroatoms. The third-order valence-electron chi connectivity index (χ3n) is 3.62. The fourth-order valence-electron chi connectivity index (χ4n) is 2.51. The minimum Gasteiger partial charge on any atom is -0.215 e. The molecule has 0 unspecified atom stereocenters. The largest absolute Gasteiger partial charge is 0.215 e. The first-order valence-corrected chi connectivity index (χ1v) is 8.43. The van der Waals surface area contributed by atoms with Crippen molar-refractivity contribution >= 4 is 10.0 Å². The maximum Gasteiger partial charge on any atom is 0.215 e. The molecule has 1 saturated carbocycles. The fraction of sp³-hybridized carbons (Fsp3) is 0.571. The molecule has 1 aromatic carbocycles. The first-order chi connectivity index (χ1) is 9.07. The van der Waals surface area contributed by atoms with Crippen LogP contribution in [0.4, 0.5) is 4.39 Å². The Balaban J connectivity index is 1.90. The molecule has 0 radical (unpaired) electrons. The molecule has 0 heterocycles. The van der Waals surface area contributed by atoms with Gasteiger partial charge < -0.3 is 0 Å². The average Bonchev–Trinajstić information content (AvgIpc) is 2.40. The Morgan fingerprint density at radius 1 is 1.16 bits per heavy atom. The molecule has 0 bridgehead atoms. The Bertz CT molecular complexity index is 510. The van der Waals surface area contributed by atoms with Crippen LogP contribution in [0, 0.1) is 11.7 Å². The third-order valence-corrected chi connectivity index (χ3v) is 4.92. The molecule has 0 atom stereocenters. The second-order valence-electron chi connectivity index (χ2n) is 5.20. The number of hydrogen-bond acceptors (Lipinski definition) is 2. The first kappa shape index (κ1) is 14.5. The van der Waals surface area contributed by atoms with Gasteiger partial charge in [0.05, 0.1) is 5.75 Å². The number of rotatable bonds is 5. The van der Waals surface area contributed by atoms with E-state index in [1.807, 2.05) is 0 Å². The van der Waals surface area contributed by atoms with Gasteiger partial charge in [-0.15, -0.1) is 0 Å². The molecule has 1 aliphatic carbocycles. The van der Waals surface area contributed by atoms with E-state index in [0.717, 1.165) is 12.8 Å². The van der Waals surface area contributed by atoms with Crippen molar-refractivity contribution < 1.29 is 12.8 Å². The van der Waals surface area contributed by atoms with E-state index in [9.17, 15) is 12.8 Å². The number of halogens is 1. The van der Waals surface area contributed by atoms with Crippen LogP contribution in [0.25, 0.3) is 0 Å². The lowest BCUT2D eigenvalue weighted by molar-refractivity contribution is 0.357. The Morgan fingerprint density at radius 2 is 1.84 bits per heavy atom. The summed E-state index contributed by atoms with van der Waals surface area (Å²) in [5.74, 6) is -0.318. The zero-order valence-corrected chi connectivity index (χ0v) is 11.8. The topological polar surface area (TPSA) is 46.2 Å². The molecule has 0 amide bonds. The lowest BCUT2D eigenvalue weighted by Crippen LogP contribution is -2.31. The summed E-state index contributed by atoms with van der Waals surface area (Å²) in [6, 6.07) is 6.00. The molecule has 1 fully saturated rings. The third kappa shape index (κ3) is 4.58. The monoisotopic (exact) mass is 285 g/mol. The van der Waals surface area contributed by atoms with E-state index in [4.69, 9.17) is 0 Å². The van der Waals surface area contributed by atoms with Gasteiger partial charge in [-0.1, -0.05) is 37.5 Å². The van der Waals surface area contributed by atoms with Crippen molar-refractivity contribution in [2.24, 2.45) is 5.92 Å². The van der Waals surface area contributed by atoms with Gasteiger partial charge in [0.2, 0.25) is 10.0 Å². The number of hydrogen-bond donors (Lipinski definition) is 1. The smallest absolute Gasteiger partial charge is 0.215 e. The van der Waals surface area contributed by atoms with Crippen LogP contribution in [-0.2, 0) is 15.8 Å². The molecule has 0 spiro atoms. The van der Waals surface area contributed by atoms with Gasteiger partial charge in [0.1, 0.15) is 5.82 Å². The summed E-state index contributed by atoms with van der Waals surface area (Å²) in [4.78, 5) is 0. The van der Waals surface area contributed by atoms with Crippen LogP contribution in [0.1, 0.15) is 37.7 Å². The van der Waals surface area contributed by atoms with E-state index in [1.165, 1.54) is 31.4 Å². The molecular weight excluding hydrogens is 265 g/mol. The highest BCUT2D eigenvalue weighted by molar-refractivity contribution is 7.88. The standard InChI is InChI=1S/C14H20FNO2S/c15-14-9-5-4-8-13(14)11-19(17,18)16-10-12-6-2-1-3-7-12/h4-5,8-9,12,16H,1-3,6-7,10-11H2. The minimum absolute atomic E-state index is 0.221. The highest BCUT2D eigenvalue weighted by Gasteiger charge is 2.18. The summed E-state index contributed by atoms with van der Waals surface area (Å²) >= 11 is 0. The Labute approximate surface area is 114 Å². The van der Waals surface area contributed by atoms with Crippen molar-refractivity contribution in [3.05, 3.63) is 35.6 Å². The van der Waals surface area contributed by atoms with E-state index in [2.05, 4.69) is 4.72 Å². The SMILES string of the molecule is O=S(=O)(Cc1ccccc1F)NCC1CCCCC1. The summed E-state index contributed by atoms with van der Waals surface area (Å²) in [6.45, 7) is 0.483. The van der Waals surface area contributed by atoms with E-state index in [-0.39, 0.29) is 11.3 Å². The average molecular weight is 285 g/mol. The van der Waals surface area contributed by atoms with Gasteiger partial charge in [-0.05, 0) is 24.8 Å². The van der Waals surface area contributed by atoms with Crippen molar-refractivity contribution in [2.75, 3.05) is 6.54 Å². The highest BCUT2D eigenvalue weighted by atomic mass is 32.2. The van der Waals surface area contributed by atoms with Gasteiger partial charge in [-0.2, -0.15) is 0 Å². The van der Waals surface area contributed by atoms with Crippen molar-refractivity contribution in [3.8, 4) is 0 Å². The molecular formula is C14H20FNO2S. The zero-order chi connectivity index (χ0) is 13.7. The predicted molar refractivity (Wildman–Crippen MR) is 73.6 cm³/mol. The van der Waals surface area contributed by atoms with Crippen LogP contribution in [0.3, 0.4) is 0 Å². The van der Waals surface area contributed by atoms with Crippen molar-refractivity contribution in [2.45, 2.75) is 37.9 Å². The van der Waals surface area contributed by atoms with Gasteiger partial charge in [0, 0.05) is 12.1 Å². The highest BCUT2D eigenvalue weighted by Crippen LogP contribution is 2.23. The molecule has 0 saturated heterocycles. The van der Waals surface area contributed by atoms with Crippen molar-refractivity contribution in [1.29, 1.82) is 0 Å². The second-order valence-corrected chi connectivity index (χ2v) is 7.01. The van der Waals surface area contributed by atoms with Gasteiger partial charge in [0.15, 0.2) is 0 Å². The van der Waals surface area contributed by atoms with Crippen LogP contribution in [0.15, 0.2) is 24.3 Å². The quantitative estimate of drug-likeness (QED) is 0.904.